The topological polar surface area (TPSA) is 72.2 Å². The Morgan fingerprint density at radius 3 is 2.32 bits per heavy atom. The van der Waals surface area contributed by atoms with Crippen LogP contribution < -0.4 is 11.1 Å². The third-order valence-electron chi connectivity index (χ3n) is 2.96. The number of hydrogen-bond donors (Lipinski definition) is 2. The van der Waals surface area contributed by atoms with E-state index in [4.69, 9.17) is 5.73 Å². The molecule has 0 spiro atoms. The van der Waals surface area contributed by atoms with E-state index in [0.717, 1.165) is 11.1 Å². The van der Waals surface area contributed by atoms with Crippen LogP contribution in [0.25, 0.3) is 0 Å². The van der Waals surface area contributed by atoms with Crippen molar-refractivity contribution in [3.8, 4) is 0 Å². The maximum atomic E-state index is 12.0. The molecule has 19 heavy (non-hydrogen) atoms. The van der Waals surface area contributed by atoms with Gasteiger partial charge in [-0.15, -0.1) is 0 Å². The Balaban J connectivity index is 2.85. The Bertz CT molecular complexity index is 501. The fraction of sp³-hybridized carbons (Fsp3) is 0.467. The number of Topliss-reactive ketones (excluding diaryl/α,β-unsaturated/α-hetero) is 1. The molecule has 0 aliphatic rings. The Morgan fingerprint density at radius 1 is 1.21 bits per heavy atom. The highest BCUT2D eigenvalue weighted by Crippen LogP contribution is 2.19. The predicted molar refractivity (Wildman–Crippen MR) is 77.0 cm³/mol. The molecule has 0 saturated heterocycles. The van der Waals surface area contributed by atoms with Crippen LogP contribution in [0.1, 0.15) is 31.9 Å². The summed E-state index contributed by atoms with van der Waals surface area (Å²) in [6.07, 6.45) is 0. The fourth-order valence-corrected chi connectivity index (χ4v) is 1.67. The van der Waals surface area contributed by atoms with Gasteiger partial charge in [0.2, 0.25) is 5.91 Å². The molecule has 0 fully saturated rings. The second kappa shape index (κ2) is 5.53. The number of rotatable bonds is 3. The van der Waals surface area contributed by atoms with Crippen molar-refractivity contribution >= 4 is 17.4 Å². The molecule has 1 unspecified atom stereocenters. The molecule has 0 bridgehead atoms. The Morgan fingerprint density at radius 2 is 1.79 bits per heavy atom. The lowest BCUT2D eigenvalue weighted by atomic mass is 9.86. The summed E-state index contributed by atoms with van der Waals surface area (Å²) in [6.45, 7) is 9.09. The Hall–Kier alpha value is -1.68. The highest BCUT2D eigenvalue weighted by molar-refractivity contribution is 6.12. The molecule has 1 amide bonds. The molecular weight excluding hydrogens is 240 g/mol. The van der Waals surface area contributed by atoms with Gasteiger partial charge in [-0.1, -0.05) is 32.9 Å². The van der Waals surface area contributed by atoms with Crippen molar-refractivity contribution in [2.75, 3.05) is 5.32 Å². The van der Waals surface area contributed by atoms with Crippen LogP contribution in [0.15, 0.2) is 18.2 Å². The molecule has 0 aliphatic heterocycles. The first-order valence-corrected chi connectivity index (χ1v) is 6.31. The number of amides is 1. The lowest BCUT2D eigenvalue weighted by molar-refractivity contribution is -0.132. The summed E-state index contributed by atoms with van der Waals surface area (Å²) in [5.41, 5.74) is 7.77. The number of nitrogens with two attached hydrogens (primary N) is 1. The number of anilines is 1. The summed E-state index contributed by atoms with van der Waals surface area (Å²) in [4.78, 5) is 24.0. The molecular formula is C15H22N2O2. The van der Waals surface area contributed by atoms with Gasteiger partial charge in [0.1, 0.15) is 6.04 Å². The minimum absolute atomic E-state index is 0.268. The van der Waals surface area contributed by atoms with E-state index >= 15 is 0 Å². The summed E-state index contributed by atoms with van der Waals surface area (Å²) in [5.74, 6) is -0.732. The highest BCUT2D eigenvalue weighted by atomic mass is 16.2. The zero-order valence-electron chi connectivity index (χ0n) is 12.2. The third-order valence-corrected chi connectivity index (χ3v) is 2.96. The van der Waals surface area contributed by atoms with Crippen LogP contribution in [0.4, 0.5) is 5.69 Å². The van der Waals surface area contributed by atoms with Gasteiger partial charge in [-0.2, -0.15) is 0 Å². The maximum Gasteiger partial charge on any atom is 0.249 e. The average molecular weight is 262 g/mol. The summed E-state index contributed by atoms with van der Waals surface area (Å²) in [7, 11) is 0. The molecule has 104 valence electrons. The molecule has 0 aliphatic carbocycles. The Kier molecular flexibility index (Phi) is 4.48. The van der Waals surface area contributed by atoms with Crippen molar-refractivity contribution in [3.63, 3.8) is 0 Å². The number of carbonyl (C=O) groups is 2. The summed E-state index contributed by atoms with van der Waals surface area (Å²) in [5, 5.41) is 2.72. The molecule has 0 heterocycles. The number of aryl methyl sites for hydroxylation is 2. The van der Waals surface area contributed by atoms with Crippen LogP contribution in [0.5, 0.6) is 0 Å². The molecule has 4 nitrogen and oxygen atoms in total. The molecule has 1 aromatic carbocycles. The van der Waals surface area contributed by atoms with Crippen LogP contribution in [-0.2, 0) is 9.59 Å². The summed E-state index contributed by atoms with van der Waals surface area (Å²) >= 11 is 0. The van der Waals surface area contributed by atoms with Crippen molar-refractivity contribution in [1.29, 1.82) is 0 Å². The zero-order chi connectivity index (χ0) is 14.8. The minimum Gasteiger partial charge on any atom is -0.324 e. The second-order valence-corrected chi connectivity index (χ2v) is 5.90. The monoisotopic (exact) mass is 262 g/mol. The van der Waals surface area contributed by atoms with Crippen molar-refractivity contribution in [2.45, 2.75) is 40.7 Å². The van der Waals surface area contributed by atoms with Crippen molar-refractivity contribution in [2.24, 2.45) is 11.1 Å². The first-order valence-electron chi connectivity index (χ1n) is 6.31. The molecule has 1 atom stereocenters. The van der Waals surface area contributed by atoms with Crippen molar-refractivity contribution in [1.82, 2.24) is 0 Å². The van der Waals surface area contributed by atoms with E-state index in [2.05, 4.69) is 5.32 Å². The van der Waals surface area contributed by atoms with Crippen LogP contribution in [0, 0.1) is 19.3 Å². The minimum atomic E-state index is -1.14. The zero-order valence-corrected chi connectivity index (χ0v) is 12.2. The quantitative estimate of drug-likeness (QED) is 0.820. The molecule has 1 aromatic rings. The van der Waals surface area contributed by atoms with Crippen molar-refractivity contribution in [3.05, 3.63) is 29.3 Å². The van der Waals surface area contributed by atoms with Gasteiger partial charge in [0.25, 0.3) is 0 Å². The van der Waals surface area contributed by atoms with Crippen LogP contribution in [0.2, 0.25) is 0 Å². The Labute approximate surface area is 114 Å². The van der Waals surface area contributed by atoms with Gasteiger partial charge in [0.05, 0.1) is 0 Å². The highest BCUT2D eigenvalue weighted by Gasteiger charge is 2.31. The molecule has 0 saturated carbocycles. The normalized spacial score (nSPS) is 12.9. The van der Waals surface area contributed by atoms with E-state index in [0.29, 0.717) is 5.69 Å². The fourth-order valence-electron chi connectivity index (χ4n) is 1.67. The van der Waals surface area contributed by atoms with Gasteiger partial charge >= 0.3 is 0 Å². The van der Waals surface area contributed by atoms with Gasteiger partial charge in [-0.3, -0.25) is 9.59 Å². The number of nitrogens with one attached hydrogen (secondary N) is 1. The molecule has 1 rings (SSSR count). The largest absolute Gasteiger partial charge is 0.324 e. The SMILES string of the molecule is Cc1ccc(C)c(NC(=O)C(N)C(=O)C(C)(C)C)c1. The van der Waals surface area contributed by atoms with E-state index < -0.39 is 17.4 Å². The number of carbonyl (C=O) groups excluding carboxylic acids is 2. The maximum absolute atomic E-state index is 12.0. The van der Waals surface area contributed by atoms with Gasteiger partial charge in [0, 0.05) is 11.1 Å². The van der Waals surface area contributed by atoms with E-state index in [1.165, 1.54) is 0 Å². The second-order valence-electron chi connectivity index (χ2n) is 5.90. The number of hydrogen-bond acceptors (Lipinski definition) is 3. The van der Waals surface area contributed by atoms with Crippen LogP contribution in [-0.4, -0.2) is 17.7 Å². The van der Waals surface area contributed by atoms with Gasteiger partial charge < -0.3 is 11.1 Å². The molecule has 4 heteroatoms. The van der Waals surface area contributed by atoms with Crippen LogP contribution >= 0.6 is 0 Å². The van der Waals surface area contributed by atoms with Crippen LogP contribution in [0.3, 0.4) is 0 Å². The first-order chi connectivity index (χ1) is 8.62. The molecule has 0 aromatic heterocycles. The first kappa shape index (κ1) is 15.4. The lowest BCUT2D eigenvalue weighted by Gasteiger charge is -2.21. The predicted octanol–water partition coefficient (Wildman–Crippen LogP) is 2.18. The van der Waals surface area contributed by atoms with E-state index in [-0.39, 0.29) is 5.78 Å². The van der Waals surface area contributed by atoms with Gasteiger partial charge in [0.15, 0.2) is 5.78 Å². The van der Waals surface area contributed by atoms with E-state index in [1.54, 1.807) is 20.8 Å². The molecule has 3 N–H and O–H groups in total. The smallest absolute Gasteiger partial charge is 0.249 e. The van der Waals surface area contributed by atoms with Gasteiger partial charge in [-0.25, -0.2) is 0 Å². The summed E-state index contributed by atoms with van der Waals surface area (Å²) < 4.78 is 0. The average Bonchev–Trinajstić information content (AvgIpc) is 2.30. The summed E-state index contributed by atoms with van der Waals surface area (Å²) in [6, 6.07) is 4.61. The standard InChI is InChI=1S/C15H22N2O2/c1-9-6-7-10(2)11(8-9)17-14(19)12(16)13(18)15(3,4)5/h6-8,12H,16H2,1-5H3,(H,17,19). The molecule has 0 radical (unpaired) electrons. The number of ketones is 1. The van der Waals surface area contributed by atoms with E-state index in [1.807, 2.05) is 32.0 Å². The van der Waals surface area contributed by atoms with Gasteiger partial charge in [-0.05, 0) is 31.0 Å². The third kappa shape index (κ3) is 3.89. The number of benzene rings is 1. The van der Waals surface area contributed by atoms with Crippen molar-refractivity contribution < 1.29 is 9.59 Å². The van der Waals surface area contributed by atoms with E-state index in [9.17, 15) is 9.59 Å². The lowest BCUT2D eigenvalue weighted by Crippen LogP contribution is -2.47.